The van der Waals surface area contributed by atoms with Crippen molar-refractivity contribution in [2.45, 2.75) is 24.4 Å². The Balaban J connectivity index is 2.21. The zero-order valence-electron chi connectivity index (χ0n) is 9.04. The summed E-state index contributed by atoms with van der Waals surface area (Å²) < 4.78 is 37.6. The Morgan fingerprint density at radius 3 is 2.82 bits per heavy atom. The van der Waals surface area contributed by atoms with Crippen molar-refractivity contribution in [1.29, 1.82) is 0 Å². The molecule has 17 heavy (non-hydrogen) atoms. The Kier molecular flexibility index (Phi) is 3.47. The summed E-state index contributed by atoms with van der Waals surface area (Å²) in [5.74, 6) is 0.352. The summed E-state index contributed by atoms with van der Waals surface area (Å²) in [5, 5.41) is -0.0138. The topological polar surface area (TPSA) is 16.1 Å². The molecule has 0 spiro atoms. The molecule has 1 aliphatic rings. The highest BCUT2D eigenvalue weighted by Gasteiger charge is 2.31. The van der Waals surface area contributed by atoms with E-state index in [0.717, 1.165) is 25.0 Å². The molecule has 1 aromatic rings. The van der Waals surface area contributed by atoms with Gasteiger partial charge in [-0.25, -0.2) is 4.98 Å². The van der Waals surface area contributed by atoms with E-state index in [2.05, 4.69) is 4.98 Å². The van der Waals surface area contributed by atoms with Crippen LogP contribution in [0.5, 0.6) is 0 Å². The second-order valence-electron chi connectivity index (χ2n) is 4.09. The molecule has 1 atom stereocenters. The minimum atomic E-state index is -4.33. The number of pyridine rings is 1. The number of nitrogens with zero attached hydrogens (tertiary/aromatic N) is 2. The third-order valence-corrected chi connectivity index (χ3v) is 3.12. The molecule has 2 rings (SSSR count). The summed E-state index contributed by atoms with van der Waals surface area (Å²) in [6.07, 6.45) is -1.35. The molecule has 6 heteroatoms. The maximum absolute atomic E-state index is 12.5. The van der Waals surface area contributed by atoms with E-state index in [1.807, 2.05) is 0 Å². The second-order valence-corrected chi connectivity index (χ2v) is 4.70. The van der Waals surface area contributed by atoms with E-state index in [4.69, 9.17) is 11.6 Å². The maximum atomic E-state index is 12.5. The van der Waals surface area contributed by atoms with Gasteiger partial charge in [0, 0.05) is 19.3 Å². The zero-order chi connectivity index (χ0) is 12.5. The van der Waals surface area contributed by atoms with Crippen molar-refractivity contribution < 1.29 is 13.2 Å². The molecule has 1 aromatic heterocycles. The highest BCUT2D eigenvalue weighted by Crippen LogP contribution is 2.31. The minimum absolute atomic E-state index is 0.0138. The van der Waals surface area contributed by atoms with Crippen LogP contribution >= 0.6 is 11.6 Å². The number of anilines is 1. The van der Waals surface area contributed by atoms with Gasteiger partial charge in [-0.2, -0.15) is 13.2 Å². The van der Waals surface area contributed by atoms with Gasteiger partial charge in [0.05, 0.1) is 10.9 Å². The number of piperidine rings is 1. The standard InChI is InChI=1S/C11H12ClF3N2/c12-9-2-1-5-17(7-9)10-6-8(3-4-16-10)11(13,14)15/h3-4,6,9H,1-2,5,7H2. The molecule has 0 N–H and O–H groups in total. The van der Waals surface area contributed by atoms with Gasteiger partial charge in [0.1, 0.15) is 5.82 Å². The number of halogens is 4. The van der Waals surface area contributed by atoms with E-state index in [1.54, 1.807) is 4.90 Å². The molecular formula is C11H12ClF3N2. The highest BCUT2D eigenvalue weighted by atomic mass is 35.5. The predicted octanol–water partition coefficient (Wildman–Crippen LogP) is 3.31. The molecule has 1 unspecified atom stereocenters. The Bertz CT molecular complexity index is 395. The molecule has 1 aliphatic heterocycles. The van der Waals surface area contributed by atoms with Gasteiger partial charge in [-0.1, -0.05) is 0 Å². The third-order valence-electron chi connectivity index (χ3n) is 2.76. The largest absolute Gasteiger partial charge is 0.416 e. The fraction of sp³-hybridized carbons (Fsp3) is 0.545. The van der Waals surface area contributed by atoms with Gasteiger partial charge in [-0.15, -0.1) is 11.6 Å². The lowest BCUT2D eigenvalue weighted by Crippen LogP contribution is -2.36. The number of hydrogen-bond donors (Lipinski definition) is 0. The zero-order valence-corrected chi connectivity index (χ0v) is 9.80. The quantitative estimate of drug-likeness (QED) is 0.724. The monoisotopic (exact) mass is 264 g/mol. The number of hydrogen-bond acceptors (Lipinski definition) is 2. The van der Waals surface area contributed by atoms with Crippen LogP contribution < -0.4 is 4.90 Å². The van der Waals surface area contributed by atoms with E-state index in [-0.39, 0.29) is 5.38 Å². The van der Waals surface area contributed by atoms with Crippen LogP contribution in [-0.2, 0) is 6.18 Å². The first-order valence-corrected chi connectivity index (χ1v) is 5.83. The van der Waals surface area contributed by atoms with Crippen molar-refractivity contribution in [1.82, 2.24) is 4.98 Å². The van der Waals surface area contributed by atoms with Crippen LogP contribution in [0.4, 0.5) is 19.0 Å². The van der Waals surface area contributed by atoms with Gasteiger partial charge in [0.25, 0.3) is 0 Å². The summed E-state index contributed by atoms with van der Waals surface area (Å²) in [6, 6.07) is 2.06. The fourth-order valence-corrected chi connectivity index (χ4v) is 2.22. The molecular weight excluding hydrogens is 253 g/mol. The first kappa shape index (κ1) is 12.5. The molecule has 2 heterocycles. The summed E-state index contributed by atoms with van der Waals surface area (Å²) in [7, 11) is 0. The highest BCUT2D eigenvalue weighted by molar-refractivity contribution is 6.21. The summed E-state index contributed by atoms with van der Waals surface area (Å²) >= 11 is 6.00. The molecule has 1 fully saturated rings. The fourth-order valence-electron chi connectivity index (χ4n) is 1.90. The van der Waals surface area contributed by atoms with Crippen LogP contribution in [0, 0.1) is 0 Å². The Hall–Kier alpha value is -0.970. The molecule has 94 valence electrons. The second kappa shape index (κ2) is 4.72. The number of rotatable bonds is 1. The smallest absolute Gasteiger partial charge is 0.355 e. The molecule has 0 aliphatic carbocycles. The van der Waals surface area contributed by atoms with E-state index < -0.39 is 11.7 Å². The van der Waals surface area contributed by atoms with Crippen LogP contribution in [0.1, 0.15) is 18.4 Å². The summed E-state index contributed by atoms with van der Waals surface area (Å²) in [6.45, 7) is 1.26. The SMILES string of the molecule is FC(F)(F)c1ccnc(N2CCCC(Cl)C2)c1. The molecule has 0 amide bonds. The van der Waals surface area contributed by atoms with E-state index in [0.29, 0.717) is 18.9 Å². The average molecular weight is 265 g/mol. The Morgan fingerprint density at radius 1 is 1.41 bits per heavy atom. The lowest BCUT2D eigenvalue weighted by molar-refractivity contribution is -0.137. The van der Waals surface area contributed by atoms with E-state index in [9.17, 15) is 13.2 Å². The summed E-state index contributed by atoms with van der Waals surface area (Å²) in [5.41, 5.74) is -0.667. The van der Waals surface area contributed by atoms with Gasteiger partial charge in [-0.05, 0) is 25.0 Å². The van der Waals surface area contributed by atoms with Crippen LogP contribution in [-0.4, -0.2) is 23.5 Å². The van der Waals surface area contributed by atoms with Gasteiger partial charge in [0.15, 0.2) is 0 Å². The van der Waals surface area contributed by atoms with Gasteiger partial charge < -0.3 is 4.90 Å². The predicted molar refractivity (Wildman–Crippen MR) is 60.3 cm³/mol. The Labute approximate surface area is 102 Å². The van der Waals surface area contributed by atoms with Crippen molar-refractivity contribution in [3.8, 4) is 0 Å². The number of aromatic nitrogens is 1. The van der Waals surface area contributed by atoms with Gasteiger partial charge >= 0.3 is 6.18 Å². The first-order chi connectivity index (χ1) is 7.97. The lowest BCUT2D eigenvalue weighted by Gasteiger charge is -2.31. The van der Waals surface area contributed by atoms with Crippen LogP contribution in [0.2, 0.25) is 0 Å². The summed E-state index contributed by atoms with van der Waals surface area (Å²) in [4.78, 5) is 5.78. The van der Waals surface area contributed by atoms with Crippen LogP contribution in [0.3, 0.4) is 0 Å². The minimum Gasteiger partial charge on any atom is -0.355 e. The Morgan fingerprint density at radius 2 is 2.18 bits per heavy atom. The van der Waals surface area contributed by atoms with Crippen molar-refractivity contribution >= 4 is 17.4 Å². The maximum Gasteiger partial charge on any atom is 0.416 e. The molecule has 1 saturated heterocycles. The third kappa shape index (κ3) is 3.03. The average Bonchev–Trinajstić information content (AvgIpc) is 2.28. The molecule has 0 radical (unpaired) electrons. The lowest BCUT2D eigenvalue weighted by atomic mass is 10.1. The van der Waals surface area contributed by atoms with Crippen molar-refractivity contribution in [2.75, 3.05) is 18.0 Å². The first-order valence-electron chi connectivity index (χ1n) is 5.39. The normalized spacial score (nSPS) is 21.6. The van der Waals surface area contributed by atoms with Gasteiger partial charge in [-0.3, -0.25) is 0 Å². The van der Waals surface area contributed by atoms with Crippen molar-refractivity contribution in [3.63, 3.8) is 0 Å². The van der Waals surface area contributed by atoms with Crippen LogP contribution in [0.25, 0.3) is 0 Å². The molecule has 2 nitrogen and oxygen atoms in total. The van der Waals surface area contributed by atoms with E-state index >= 15 is 0 Å². The number of alkyl halides is 4. The molecule has 0 saturated carbocycles. The van der Waals surface area contributed by atoms with E-state index in [1.165, 1.54) is 6.20 Å². The molecule has 0 aromatic carbocycles. The van der Waals surface area contributed by atoms with Gasteiger partial charge in [0.2, 0.25) is 0 Å². The van der Waals surface area contributed by atoms with Crippen molar-refractivity contribution in [3.05, 3.63) is 23.9 Å². The molecule has 0 bridgehead atoms. The van der Waals surface area contributed by atoms with Crippen LogP contribution in [0.15, 0.2) is 18.3 Å². The van der Waals surface area contributed by atoms with Crippen molar-refractivity contribution in [2.24, 2.45) is 0 Å².